The van der Waals surface area contributed by atoms with Gasteiger partial charge in [-0.05, 0) is 54.0 Å². The maximum atomic E-state index is 5.94. The lowest BCUT2D eigenvalue weighted by molar-refractivity contribution is 0.493. The maximum absolute atomic E-state index is 5.94. The van der Waals surface area contributed by atoms with Gasteiger partial charge in [0.2, 0.25) is 0 Å². The molecule has 0 aliphatic heterocycles. The number of hydrogen-bond donors (Lipinski definition) is 1. The van der Waals surface area contributed by atoms with Gasteiger partial charge in [-0.1, -0.05) is 12.1 Å². The molecule has 1 unspecified atom stereocenters. The highest BCUT2D eigenvalue weighted by Gasteiger charge is 2.23. The van der Waals surface area contributed by atoms with Crippen LogP contribution in [0.1, 0.15) is 30.0 Å². The monoisotopic (exact) mass is 295 g/mol. The minimum absolute atomic E-state index is 0.369. The van der Waals surface area contributed by atoms with Crippen molar-refractivity contribution in [2.45, 2.75) is 25.3 Å². The molecule has 2 aromatic heterocycles. The predicted molar refractivity (Wildman–Crippen MR) is 87.5 cm³/mol. The van der Waals surface area contributed by atoms with E-state index in [1.807, 2.05) is 18.6 Å². The zero-order chi connectivity index (χ0) is 14.2. The highest BCUT2D eigenvalue weighted by molar-refractivity contribution is 7.13. The summed E-state index contributed by atoms with van der Waals surface area (Å²) in [7, 11) is 0. The Bertz CT molecular complexity index is 758. The quantitative estimate of drug-likeness (QED) is 0.723. The average molecular weight is 295 g/mol. The Balaban J connectivity index is 1.81. The first-order chi connectivity index (χ1) is 10.3. The Morgan fingerprint density at radius 1 is 1.29 bits per heavy atom. The van der Waals surface area contributed by atoms with Crippen molar-refractivity contribution in [3.8, 4) is 10.6 Å². The molecule has 3 aromatic rings. The van der Waals surface area contributed by atoms with Crippen molar-refractivity contribution in [3.05, 3.63) is 59.4 Å². The van der Waals surface area contributed by atoms with Crippen LogP contribution < -0.4 is 5.73 Å². The lowest BCUT2D eigenvalue weighted by Gasteiger charge is -2.28. The molecule has 0 saturated carbocycles. The highest BCUT2D eigenvalue weighted by Crippen LogP contribution is 2.37. The lowest BCUT2D eigenvalue weighted by atomic mass is 9.87. The molecule has 4 rings (SSSR count). The number of thiophene rings is 1. The molecule has 21 heavy (non-hydrogen) atoms. The van der Waals surface area contributed by atoms with Crippen LogP contribution in [-0.2, 0) is 6.42 Å². The molecular weight excluding hydrogens is 278 g/mol. The Labute approximate surface area is 128 Å². The Morgan fingerprint density at radius 2 is 2.24 bits per heavy atom. The van der Waals surface area contributed by atoms with Crippen LogP contribution in [0.5, 0.6) is 0 Å². The number of anilines is 1. The number of aryl methyl sites for hydroxylation is 1. The molecule has 0 amide bonds. The molecule has 0 bridgehead atoms. The van der Waals surface area contributed by atoms with Crippen molar-refractivity contribution < 1.29 is 0 Å². The molecule has 2 N–H and O–H groups in total. The molecular formula is C17H17N3S. The third kappa shape index (κ3) is 2.16. The third-order valence-corrected chi connectivity index (χ3v) is 5.12. The van der Waals surface area contributed by atoms with E-state index < -0.39 is 0 Å². The third-order valence-electron chi connectivity index (χ3n) is 4.23. The van der Waals surface area contributed by atoms with E-state index in [0.717, 1.165) is 18.5 Å². The van der Waals surface area contributed by atoms with Gasteiger partial charge >= 0.3 is 0 Å². The molecule has 2 heterocycles. The number of nitrogens with zero attached hydrogens (tertiary/aromatic N) is 2. The van der Waals surface area contributed by atoms with Gasteiger partial charge in [-0.25, -0.2) is 4.98 Å². The van der Waals surface area contributed by atoms with Crippen molar-refractivity contribution in [1.29, 1.82) is 0 Å². The molecule has 3 nitrogen and oxygen atoms in total. The van der Waals surface area contributed by atoms with E-state index >= 15 is 0 Å². The normalized spacial score (nSPS) is 17.6. The summed E-state index contributed by atoms with van der Waals surface area (Å²) in [6, 6.07) is 10.9. The number of hydrogen-bond acceptors (Lipinski definition) is 3. The topological polar surface area (TPSA) is 43.8 Å². The van der Waals surface area contributed by atoms with Crippen molar-refractivity contribution in [2.75, 3.05) is 5.73 Å². The molecule has 4 heteroatoms. The highest BCUT2D eigenvalue weighted by atomic mass is 32.1. The molecule has 0 fully saturated rings. The van der Waals surface area contributed by atoms with Crippen LogP contribution in [0.3, 0.4) is 0 Å². The van der Waals surface area contributed by atoms with Gasteiger partial charge in [0.25, 0.3) is 0 Å². The van der Waals surface area contributed by atoms with E-state index in [1.165, 1.54) is 28.1 Å². The fourth-order valence-corrected chi connectivity index (χ4v) is 4.01. The van der Waals surface area contributed by atoms with Crippen LogP contribution in [0.15, 0.2) is 48.2 Å². The Kier molecular flexibility index (Phi) is 3.04. The van der Waals surface area contributed by atoms with Crippen LogP contribution >= 0.6 is 11.3 Å². The number of imidazole rings is 1. The number of nitrogens with two attached hydrogens (primary N) is 1. The van der Waals surface area contributed by atoms with Crippen molar-refractivity contribution in [2.24, 2.45) is 0 Å². The largest absolute Gasteiger partial charge is 0.399 e. The standard InChI is InChI=1S/C17H17N3S/c18-13-6-7-14-12(9-13)3-1-4-15(14)20-11-19-10-16(20)17-5-2-8-21-17/h2,5-11,15H,1,3-4,18H2. The molecule has 0 spiro atoms. The Hall–Kier alpha value is -2.07. The van der Waals surface area contributed by atoms with E-state index in [4.69, 9.17) is 5.73 Å². The van der Waals surface area contributed by atoms with Crippen LogP contribution in [0.25, 0.3) is 10.6 Å². The first-order valence-electron chi connectivity index (χ1n) is 7.27. The summed E-state index contributed by atoms with van der Waals surface area (Å²) in [6.45, 7) is 0. The van der Waals surface area contributed by atoms with Crippen LogP contribution in [0.4, 0.5) is 5.69 Å². The first-order valence-corrected chi connectivity index (χ1v) is 8.15. The van der Waals surface area contributed by atoms with Gasteiger partial charge in [-0.15, -0.1) is 11.3 Å². The van der Waals surface area contributed by atoms with Gasteiger partial charge in [-0.2, -0.15) is 0 Å². The van der Waals surface area contributed by atoms with Crippen LogP contribution in [0.2, 0.25) is 0 Å². The summed E-state index contributed by atoms with van der Waals surface area (Å²) in [5, 5.41) is 2.11. The first kappa shape index (κ1) is 12.7. The van der Waals surface area contributed by atoms with E-state index in [0.29, 0.717) is 6.04 Å². The molecule has 1 aromatic carbocycles. The average Bonchev–Trinajstić information content (AvgIpc) is 3.17. The Morgan fingerprint density at radius 3 is 3.10 bits per heavy atom. The van der Waals surface area contributed by atoms with Crippen LogP contribution in [0, 0.1) is 0 Å². The molecule has 0 saturated heterocycles. The fourth-order valence-electron chi connectivity index (χ4n) is 3.27. The predicted octanol–water partition coefficient (Wildman–Crippen LogP) is 4.12. The maximum Gasteiger partial charge on any atom is 0.0956 e. The summed E-state index contributed by atoms with van der Waals surface area (Å²) >= 11 is 1.76. The SMILES string of the molecule is Nc1ccc2c(c1)CCCC2n1cncc1-c1cccs1. The minimum Gasteiger partial charge on any atom is -0.399 e. The number of fused-ring (bicyclic) bond motifs is 1. The number of aromatic nitrogens is 2. The number of nitrogen functional groups attached to an aromatic ring is 1. The second-order valence-corrected chi connectivity index (χ2v) is 6.48. The summed E-state index contributed by atoms with van der Waals surface area (Å²) in [5.74, 6) is 0. The van der Waals surface area contributed by atoms with E-state index in [1.54, 1.807) is 11.3 Å². The van der Waals surface area contributed by atoms with Gasteiger partial charge < -0.3 is 10.3 Å². The molecule has 1 atom stereocenters. The van der Waals surface area contributed by atoms with Crippen molar-refractivity contribution >= 4 is 17.0 Å². The lowest BCUT2D eigenvalue weighted by Crippen LogP contribution is -2.17. The molecule has 0 radical (unpaired) electrons. The van der Waals surface area contributed by atoms with Gasteiger partial charge in [-0.3, -0.25) is 0 Å². The number of benzene rings is 1. The van der Waals surface area contributed by atoms with Gasteiger partial charge in [0.1, 0.15) is 0 Å². The smallest absolute Gasteiger partial charge is 0.0956 e. The zero-order valence-corrected chi connectivity index (χ0v) is 12.5. The summed E-state index contributed by atoms with van der Waals surface area (Å²) in [5.41, 5.74) is 10.8. The second-order valence-electron chi connectivity index (χ2n) is 5.53. The summed E-state index contributed by atoms with van der Waals surface area (Å²) in [6.07, 6.45) is 7.41. The van der Waals surface area contributed by atoms with Gasteiger partial charge in [0.05, 0.1) is 29.1 Å². The summed E-state index contributed by atoms with van der Waals surface area (Å²) < 4.78 is 2.32. The van der Waals surface area contributed by atoms with E-state index in [-0.39, 0.29) is 0 Å². The van der Waals surface area contributed by atoms with Crippen molar-refractivity contribution in [1.82, 2.24) is 9.55 Å². The minimum atomic E-state index is 0.369. The molecule has 1 aliphatic rings. The molecule has 106 valence electrons. The number of rotatable bonds is 2. The molecule has 1 aliphatic carbocycles. The van der Waals surface area contributed by atoms with Gasteiger partial charge in [0.15, 0.2) is 0 Å². The van der Waals surface area contributed by atoms with Crippen LogP contribution in [-0.4, -0.2) is 9.55 Å². The second kappa shape index (κ2) is 5.04. The van der Waals surface area contributed by atoms with Crippen molar-refractivity contribution in [3.63, 3.8) is 0 Å². The van der Waals surface area contributed by atoms with Gasteiger partial charge in [0, 0.05) is 5.69 Å². The summed E-state index contributed by atoms with van der Waals surface area (Å²) in [4.78, 5) is 5.66. The van der Waals surface area contributed by atoms with E-state index in [2.05, 4.69) is 39.2 Å². The zero-order valence-electron chi connectivity index (χ0n) is 11.7. The fraction of sp³-hybridized carbons (Fsp3) is 0.235. The van der Waals surface area contributed by atoms with E-state index in [9.17, 15) is 0 Å².